The molecule has 4 nitrogen and oxygen atoms in total. The van der Waals surface area contributed by atoms with Crippen molar-refractivity contribution in [2.45, 2.75) is 0 Å². The molecule has 0 aliphatic heterocycles. The molecule has 0 N–H and O–H groups in total. The van der Waals surface area contributed by atoms with Gasteiger partial charge in [0.2, 0.25) is 5.82 Å². The van der Waals surface area contributed by atoms with Gasteiger partial charge in [-0.05, 0) is 0 Å². The van der Waals surface area contributed by atoms with Crippen LogP contribution >= 0.6 is 0 Å². The number of hydrogen-bond acceptors (Lipinski definition) is 4. The van der Waals surface area contributed by atoms with Crippen LogP contribution < -0.4 is 0 Å². The van der Waals surface area contributed by atoms with Crippen molar-refractivity contribution in [1.29, 1.82) is 0 Å². The van der Waals surface area contributed by atoms with Gasteiger partial charge in [-0.25, -0.2) is 14.8 Å². The number of carbonyl (C=O) groups is 1. The first-order valence-electron chi connectivity index (χ1n) is 3.30. The number of hydrogen-bond donors (Lipinski definition) is 0. The number of carbonyl (C=O) groups excluding carboxylic acids is 1. The van der Waals surface area contributed by atoms with E-state index in [9.17, 15) is 4.79 Å². The van der Waals surface area contributed by atoms with Crippen molar-refractivity contribution in [3.8, 4) is 0 Å². The number of rotatable bonds is 2. The van der Waals surface area contributed by atoms with Crippen LogP contribution in [0.25, 0.3) is 6.08 Å². The highest BCUT2D eigenvalue weighted by molar-refractivity contribution is 5.84. The average Bonchev–Trinajstić information content (AvgIpc) is 2.17. The lowest BCUT2D eigenvalue weighted by atomic mass is 10.3. The molecular formula is C8H8N2O2. The summed E-state index contributed by atoms with van der Waals surface area (Å²) in [5, 5.41) is 0. The van der Waals surface area contributed by atoms with Crippen LogP contribution in [0, 0.1) is 0 Å². The monoisotopic (exact) mass is 164 g/mol. The third kappa shape index (κ3) is 1.66. The first kappa shape index (κ1) is 8.39. The van der Waals surface area contributed by atoms with E-state index in [-0.39, 0.29) is 5.82 Å². The Morgan fingerprint density at radius 3 is 2.58 bits per heavy atom. The number of ether oxygens (including phenoxy) is 1. The Labute approximate surface area is 69.9 Å². The molecule has 0 amide bonds. The standard InChI is InChI=1S/C8H8N2O2/c1-3-6-4-9-7(10-5-6)8(11)12-2/h3-5H,1H2,2H3. The number of nitrogens with zero attached hydrogens (tertiary/aromatic N) is 2. The first-order valence-corrected chi connectivity index (χ1v) is 3.30. The highest BCUT2D eigenvalue weighted by Gasteiger charge is 2.06. The zero-order valence-electron chi connectivity index (χ0n) is 6.65. The van der Waals surface area contributed by atoms with E-state index in [1.807, 2.05) is 0 Å². The average molecular weight is 164 g/mol. The molecule has 0 unspecified atom stereocenters. The van der Waals surface area contributed by atoms with Crippen LogP contribution in [0.4, 0.5) is 0 Å². The third-order valence-corrected chi connectivity index (χ3v) is 1.28. The van der Waals surface area contributed by atoms with Crippen LogP contribution in [-0.2, 0) is 4.74 Å². The molecule has 62 valence electrons. The van der Waals surface area contributed by atoms with Gasteiger partial charge >= 0.3 is 5.97 Å². The molecule has 0 fully saturated rings. The van der Waals surface area contributed by atoms with E-state index in [1.54, 1.807) is 6.08 Å². The van der Waals surface area contributed by atoms with E-state index < -0.39 is 5.97 Å². The Morgan fingerprint density at radius 1 is 1.58 bits per heavy atom. The van der Waals surface area contributed by atoms with Crippen molar-refractivity contribution < 1.29 is 9.53 Å². The van der Waals surface area contributed by atoms with E-state index in [4.69, 9.17) is 0 Å². The Balaban J connectivity index is 2.91. The predicted octanol–water partition coefficient (Wildman–Crippen LogP) is 0.906. The maximum absolute atomic E-state index is 10.8. The van der Waals surface area contributed by atoms with Gasteiger partial charge in [0, 0.05) is 18.0 Å². The van der Waals surface area contributed by atoms with E-state index in [0.29, 0.717) is 0 Å². The highest BCUT2D eigenvalue weighted by atomic mass is 16.5. The number of esters is 1. The van der Waals surface area contributed by atoms with Crippen molar-refractivity contribution in [3.05, 3.63) is 30.4 Å². The lowest BCUT2D eigenvalue weighted by molar-refractivity contribution is 0.0586. The van der Waals surface area contributed by atoms with Crippen LogP contribution in [0.3, 0.4) is 0 Å². The summed E-state index contributed by atoms with van der Waals surface area (Å²) < 4.78 is 4.42. The van der Waals surface area contributed by atoms with Crippen LogP contribution in [0.5, 0.6) is 0 Å². The Morgan fingerprint density at radius 2 is 2.17 bits per heavy atom. The molecular weight excluding hydrogens is 156 g/mol. The molecule has 1 aromatic heterocycles. The molecule has 0 spiro atoms. The molecule has 0 saturated carbocycles. The third-order valence-electron chi connectivity index (χ3n) is 1.28. The largest absolute Gasteiger partial charge is 0.463 e. The summed E-state index contributed by atoms with van der Waals surface area (Å²) in [6, 6.07) is 0. The van der Waals surface area contributed by atoms with Crippen molar-refractivity contribution in [2.75, 3.05) is 7.11 Å². The van der Waals surface area contributed by atoms with Gasteiger partial charge in [0.25, 0.3) is 0 Å². The fourth-order valence-corrected chi connectivity index (χ4v) is 0.640. The van der Waals surface area contributed by atoms with Gasteiger partial charge < -0.3 is 4.74 Å². The molecule has 1 rings (SSSR count). The molecule has 0 aliphatic rings. The van der Waals surface area contributed by atoms with Gasteiger partial charge in [-0.3, -0.25) is 0 Å². The predicted molar refractivity (Wildman–Crippen MR) is 43.5 cm³/mol. The van der Waals surface area contributed by atoms with Crippen molar-refractivity contribution >= 4 is 12.0 Å². The normalized spacial score (nSPS) is 9.08. The van der Waals surface area contributed by atoms with Gasteiger partial charge in [-0.1, -0.05) is 12.7 Å². The van der Waals surface area contributed by atoms with E-state index >= 15 is 0 Å². The Hall–Kier alpha value is -1.71. The summed E-state index contributed by atoms with van der Waals surface area (Å²) in [6.45, 7) is 3.53. The van der Waals surface area contributed by atoms with Crippen LogP contribution in [0.15, 0.2) is 19.0 Å². The van der Waals surface area contributed by atoms with E-state index in [1.165, 1.54) is 19.5 Å². The molecule has 0 atom stereocenters. The van der Waals surface area contributed by atoms with Crippen LogP contribution in [0.2, 0.25) is 0 Å². The summed E-state index contributed by atoms with van der Waals surface area (Å²) in [4.78, 5) is 18.4. The molecule has 4 heteroatoms. The second-order valence-corrected chi connectivity index (χ2v) is 2.04. The van der Waals surface area contributed by atoms with Crippen LogP contribution in [-0.4, -0.2) is 23.0 Å². The molecule has 0 bridgehead atoms. The lowest BCUT2D eigenvalue weighted by Gasteiger charge is -1.96. The maximum Gasteiger partial charge on any atom is 0.376 e. The zero-order chi connectivity index (χ0) is 8.97. The maximum atomic E-state index is 10.8. The van der Waals surface area contributed by atoms with Crippen molar-refractivity contribution in [2.24, 2.45) is 0 Å². The van der Waals surface area contributed by atoms with Gasteiger partial charge in [-0.2, -0.15) is 0 Å². The van der Waals surface area contributed by atoms with E-state index in [0.717, 1.165) is 5.56 Å². The Kier molecular flexibility index (Phi) is 2.53. The molecule has 1 heterocycles. The van der Waals surface area contributed by atoms with Crippen molar-refractivity contribution in [1.82, 2.24) is 9.97 Å². The number of aromatic nitrogens is 2. The molecule has 0 aromatic carbocycles. The second-order valence-electron chi connectivity index (χ2n) is 2.04. The van der Waals surface area contributed by atoms with Gasteiger partial charge in [-0.15, -0.1) is 0 Å². The van der Waals surface area contributed by atoms with E-state index in [2.05, 4.69) is 21.3 Å². The quantitative estimate of drug-likeness (QED) is 0.609. The number of methoxy groups -OCH3 is 1. The molecule has 1 aromatic rings. The summed E-state index contributed by atoms with van der Waals surface area (Å²) in [5.74, 6) is -0.478. The minimum absolute atomic E-state index is 0.0584. The van der Waals surface area contributed by atoms with Gasteiger partial charge in [0.05, 0.1) is 7.11 Å². The minimum atomic E-state index is -0.536. The topological polar surface area (TPSA) is 52.1 Å². The smallest absolute Gasteiger partial charge is 0.376 e. The first-order chi connectivity index (χ1) is 5.77. The molecule has 12 heavy (non-hydrogen) atoms. The molecule has 0 aliphatic carbocycles. The van der Waals surface area contributed by atoms with Crippen LogP contribution in [0.1, 0.15) is 16.2 Å². The fourth-order valence-electron chi connectivity index (χ4n) is 0.640. The molecule has 0 saturated heterocycles. The molecule has 0 radical (unpaired) electrons. The summed E-state index contributed by atoms with van der Waals surface area (Å²) in [7, 11) is 1.28. The summed E-state index contributed by atoms with van der Waals surface area (Å²) in [5.41, 5.74) is 0.766. The SMILES string of the molecule is C=Cc1cnc(C(=O)OC)nc1. The summed E-state index contributed by atoms with van der Waals surface area (Å²) in [6.07, 6.45) is 4.61. The summed E-state index contributed by atoms with van der Waals surface area (Å²) >= 11 is 0. The van der Waals surface area contributed by atoms with Gasteiger partial charge in [0.15, 0.2) is 0 Å². The Bertz CT molecular complexity index is 292. The highest BCUT2D eigenvalue weighted by Crippen LogP contribution is 1.97. The van der Waals surface area contributed by atoms with Crippen molar-refractivity contribution in [3.63, 3.8) is 0 Å². The van der Waals surface area contributed by atoms with Gasteiger partial charge in [0.1, 0.15) is 0 Å². The lowest BCUT2D eigenvalue weighted by Crippen LogP contribution is -2.06. The fraction of sp³-hybridized carbons (Fsp3) is 0.125. The minimum Gasteiger partial charge on any atom is -0.463 e. The second kappa shape index (κ2) is 3.61. The zero-order valence-corrected chi connectivity index (χ0v) is 6.65.